The molecule has 44 heavy (non-hydrogen) atoms. The SMILES string of the molecule is COc1ccc(OC)c(N(CC(=O)N(Cc2ccccc2F)[C@H](C)C(=O)NC2CCCCC2)S(=O)(=O)c2ccc(C)cc2)c1. The summed E-state index contributed by atoms with van der Waals surface area (Å²) in [6.45, 7) is 2.48. The number of benzene rings is 3. The van der Waals surface area contributed by atoms with Crippen LogP contribution in [0.4, 0.5) is 10.1 Å². The third-order valence-electron chi connectivity index (χ3n) is 7.96. The molecule has 0 unspecified atom stereocenters. The summed E-state index contributed by atoms with van der Waals surface area (Å²) in [4.78, 5) is 28.9. The predicted octanol–water partition coefficient (Wildman–Crippen LogP) is 5.21. The van der Waals surface area contributed by atoms with Gasteiger partial charge >= 0.3 is 0 Å². The molecule has 2 amide bonds. The third kappa shape index (κ3) is 7.68. The molecule has 0 bridgehead atoms. The summed E-state index contributed by atoms with van der Waals surface area (Å²) in [5.41, 5.74) is 1.13. The van der Waals surface area contributed by atoms with E-state index in [1.807, 2.05) is 6.92 Å². The summed E-state index contributed by atoms with van der Waals surface area (Å²) >= 11 is 0. The fraction of sp³-hybridized carbons (Fsp3) is 0.394. The van der Waals surface area contributed by atoms with Crippen molar-refractivity contribution in [2.75, 3.05) is 25.1 Å². The van der Waals surface area contributed by atoms with E-state index in [1.165, 1.54) is 55.5 Å². The minimum Gasteiger partial charge on any atom is -0.497 e. The minimum absolute atomic E-state index is 0.0106. The van der Waals surface area contributed by atoms with Gasteiger partial charge in [0.2, 0.25) is 11.8 Å². The van der Waals surface area contributed by atoms with Gasteiger partial charge in [0.15, 0.2) is 0 Å². The van der Waals surface area contributed by atoms with Gasteiger partial charge in [0.1, 0.15) is 29.9 Å². The van der Waals surface area contributed by atoms with Crippen molar-refractivity contribution in [2.45, 2.75) is 69.5 Å². The van der Waals surface area contributed by atoms with Gasteiger partial charge in [0, 0.05) is 24.2 Å². The van der Waals surface area contributed by atoms with Crippen LogP contribution < -0.4 is 19.1 Å². The van der Waals surface area contributed by atoms with Crippen molar-refractivity contribution < 1.29 is 31.9 Å². The molecule has 1 atom stereocenters. The van der Waals surface area contributed by atoms with Crippen LogP contribution in [0.15, 0.2) is 71.6 Å². The third-order valence-corrected chi connectivity index (χ3v) is 9.73. The Morgan fingerprint density at radius 1 is 0.977 bits per heavy atom. The molecule has 11 heteroatoms. The Morgan fingerprint density at radius 2 is 1.66 bits per heavy atom. The van der Waals surface area contributed by atoms with Crippen LogP contribution >= 0.6 is 0 Å². The molecule has 1 aliphatic carbocycles. The second-order valence-corrected chi connectivity index (χ2v) is 12.9. The van der Waals surface area contributed by atoms with Gasteiger partial charge in [0.25, 0.3) is 10.0 Å². The molecule has 0 aliphatic heterocycles. The quantitative estimate of drug-likeness (QED) is 0.296. The first-order chi connectivity index (χ1) is 21.0. The lowest BCUT2D eigenvalue weighted by Gasteiger charge is -2.33. The van der Waals surface area contributed by atoms with E-state index in [9.17, 15) is 22.4 Å². The molecule has 0 spiro atoms. The number of amides is 2. The van der Waals surface area contributed by atoms with E-state index < -0.39 is 34.3 Å². The highest BCUT2D eigenvalue weighted by molar-refractivity contribution is 7.92. The Hall–Kier alpha value is -4.12. The van der Waals surface area contributed by atoms with Gasteiger partial charge in [-0.25, -0.2) is 12.8 Å². The van der Waals surface area contributed by atoms with Gasteiger partial charge in [-0.15, -0.1) is 0 Å². The molecule has 1 N–H and O–H groups in total. The fourth-order valence-corrected chi connectivity index (χ4v) is 6.72. The van der Waals surface area contributed by atoms with Crippen molar-refractivity contribution in [3.8, 4) is 11.5 Å². The maximum absolute atomic E-state index is 14.8. The summed E-state index contributed by atoms with van der Waals surface area (Å²) in [7, 11) is -1.49. The van der Waals surface area contributed by atoms with Crippen LogP contribution in [0.1, 0.15) is 50.2 Å². The number of sulfonamides is 1. The smallest absolute Gasteiger partial charge is 0.264 e. The minimum atomic E-state index is -4.33. The molecule has 0 heterocycles. The van der Waals surface area contributed by atoms with Crippen LogP contribution in [0.3, 0.4) is 0 Å². The number of halogens is 1. The van der Waals surface area contributed by atoms with Crippen LogP contribution in [0.25, 0.3) is 0 Å². The fourth-order valence-electron chi connectivity index (χ4n) is 5.30. The number of hydrogen-bond acceptors (Lipinski definition) is 6. The first kappa shape index (κ1) is 32.8. The topological polar surface area (TPSA) is 105 Å². The summed E-state index contributed by atoms with van der Waals surface area (Å²) in [6.07, 6.45) is 4.81. The number of methoxy groups -OCH3 is 2. The predicted molar refractivity (Wildman–Crippen MR) is 167 cm³/mol. The number of carbonyl (C=O) groups excluding carboxylic acids is 2. The number of carbonyl (C=O) groups is 2. The number of nitrogens with one attached hydrogen (secondary N) is 1. The highest BCUT2D eigenvalue weighted by atomic mass is 32.2. The number of hydrogen-bond donors (Lipinski definition) is 1. The molecule has 1 aliphatic rings. The van der Waals surface area contributed by atoms with Crippen molar-refractivity contribution in [2.24, 2.45) is 0 Å². The molecule has 1 saturated carbocycles. The molecule has 0 saturated heterocycles. The monoisotopic (exact) mass is 625 g/mol. The van der Waals surface area contributed by atoms with Crippen molar-refractivity contribution in [1.29, 1.82) is 0 Å². The molecule has 3 aromatic carbocycles. The standard InChI is InChI=1S/C33H40FN3O6S/c1-23-14-17-28(18-15-23)44(40,41)37(30-20-27(42-3)16-19-31(30)43-4)22-32(38)36(21-25-10-8-9-13-29(25)34)24(2)33(39)35-26-11-6-5-7-12-26/h8-10,13-20,24,26H,5-7,11-12,21-22H2,1-4H3,(H,35,39)/t24-/m1/s1. The Bertz CT molecular complexity index is 1560. The van der Waals surface area contributed by atoms with Crippen LogP contribution in [0, 0.1) is 12.7 Å². The lowest BCUT2D eigenvalue weighted by atomic mass is 9.95. The molecular formula is C33H40FN3O6S. The normalized spacial score (nSPS) is 14.4. The number of nitrogens with zero attached hydrogens (tertiary/aromatic N) is 2. The summed E-state index contributed by atoms with van der Waals surface area (Å²) in [6, 6.07) is 15.9. The second-order valence-electron chi connectivity index (χ2n) is 11.0. The van der Waals surface area contributed by atoms with Crippen LogP contribution in [0.2, 0.25) is 0 Å². The van der Waals surface area contributed by atoms with Crippen molar-refractivity contribution in [1.82, 2.24) is 10.2 Å². The van der Waals surface area contributed by atoms with Gasteiger partial charge < -0.3 is 19.7 Å². The molecule has 0 aromatic heterocycles. The van der Waals surface area contributed by atoms with Crippen LogP contribution in [-0.2, 0) is 26.2 Å². The Balaban J connectivity index is 1.75. The highest BCUT2D eigenvalue weighted by Gasteiger charge is 2.35. The number of rotatable bonds is 12. The average molecular weight is 626 g/mol. The highest BCUT2D eigenvalue weighted by Crippen LogP contribution is 2.36. The van der Waals surface area contributed by atoms with Crippen molar-refractivity contribution >= 4 is 27.5 Å². The van der Waals surface area contributed by atoms with Gasteiger partial charge in [-0.05, 0) is 57.0 Å². The van der Waals surface area contributed by atoms with Gasteiger partial charge in [-0.1, -0.05) is 55.2 Å². The van der Waals surface area contributed by atoms with E-state index in [4.69, 9.17) is 9.47 Å². The molecular weight excluding hydrogens is 585 g/mol. The number of anilines is 1. The maximum atomic E-state index is 14.8. The van der Waals surface area contributed by atoms with E-state index in [0.717, 1.165) is 42.0 Å². The van der Waals surface area contributed by atoms with Crippen molar-refractivity contribution in [3.63, 3.8) is 0 Å². The zero-order chi connectivity index (χ0) is 31.9. The van der Waals surface area contributed by atoms with Crippen LogP contribution in [-0.4, -0.2) is 58.0 Å². The van der Waals surface area contributed by atoms with Gasteiger partial charge in [-0.2, -0.15) is 0 Å². The second kappa shape index (κ2) is 14.6. The number of ether oxygens (including phenoxy) is 2. The van der Waals surface area contributed by atoms with E-state index in [0.29, 0.717) is 5.75 Å². The number of aryl methyl sites for hydroxylation is 1. The Morgan fingerprint density at radius 3 is 2.30 bits per heavy atom. The van der Waals surface area contributed by atoms with E-state index >= 15 is 0 Å². The van der Waals surface area contributed by atoms with Gasteiger partial charge in [0.05, 0.1) is 24.8 Å². The molecule has 0 radical (unpaired) electrons. The lowest BCUT2D eigenvalue weighted by molar-refractivity contribution is -0.139. The zero-order valence-electron chi connectivity index (χ0n) is 25.6. The average Bonchev–Trinajstić information content (AvgIpc) is 3.03. The summed E-state index contributed by atoms with van der Waals surface area (Å²) in [5.74, 6) is -1.07. The van der Waals surface area contributed by atoms with Gasteiger partial charge in [-0.3, -0.25) is 13.9 Å². The molecule has 3 aromatic rings. The zero-order valence-corrected chi connectivity index (χ0v) is 26.4. The molecule has 236 valence electrons. The van der Waals surface area contributed by atoms with E-state index in [-0.39, 0.29) is 40.4 Å². The molecule has 1 fully saturated rings. The Kier molecular flexibility index (Phi) is 10.9. The first-order valence-corrected chi connectivity index (χ1v) is 16.1. The Labute approximate surface area is 259 Å². The van der Waals surface area contributed by atoms with E-state index in [2.05, 4.69) is 5.32 Å². The summed E-state index contributed by atoms with van der Waals surface area (Å²) < 4.78 is 55.0. The first-order valence-electron chi connectivity index (χ1n) is 14.7. The summed E-state index contributed by atoms with van der Waals surface area (Å²) in [5, 5.41) is 3.04. The largest absolute Gasteiger partial charge is 0.497 e. The van der Waals surface area contributed by atoms with Crippen LogP contribution in [0.5, 0.6) is 11.5 Å². The van der Waals surface area contributed by atoms with Crippen molar-refractivity contribution in [3.05, 3.63) is 83.7 Å². The van der Waals surface area contributed by atoms with E-state index in [1.54, 1.807) is 37.3 Å². The molecule has 9 nitrogen and oxygen atoms in total. The maximum Gasteiger partial charge on any atom is 0.264 e. The molecule has 4 rings (SSSR count). The lowest BCUT2D eigenvalue weighted by Crippen LogP contribution is -2.53.